The first kappa shape index (κ1) is 15.0. The fraction of sp³-hybridized carbons (Fsp3) is 0.467. The molecule has 0 aliphatic heterocycles. The van der Waals surface area contributed by atoms with Crippen LogP contribution in [0.25, 0.3) is 11.4 Å². The van der Waals surface area contributed by atoms with Gasteiger partial charge in [-0.05, 0) is 43.8 Å². The number of halogens is 1. The van der Waals surface area contributed by atoms with Gasteiger partial charge in [-0.3, -0.25) is 4.90 Å². The average molecular weight is 294 g/mol. The Hall–Kier alpha value is -1.39. The fourth-order valence-electron chi connectivity index (χ4n) is 1.96. The van der Waals surface area contributed by atoms with Gasteiger partial charge < -0.3 is 4.52 Å². The minimum absolute atomic E-state index is 0.614. The number of rotatable bonds is 7. The smallest absolute Gasteiger partial charge is 0.241 e. The van der Waals surface area contributed by atoms with Gasteiger partial charge in [0.2, 0.25) is 11.7 Å². The maximum Gasteiger partial charge on any atom is 0.241 e. The molecular weight excluding hydrogens is 274 g/mol. The van der Waals surface area contributed by atoms with Crippen molar-refractivity contribution in [3.8, 4) is 11.4 Å². The number of benzene rings is 1. The van der Waals surface area contributed by atoms with Crippen LogP contribution in [0.2, 0.25) is 5.02 Å². The van der Waals surface area contributed by atoms with Crippen LogP contribution in [0, 0.1) is 0 Å². The quantitative estimate of drug-likeness (QED) is 0.773. The van der Waals surface area contributed by atoms with Crippen LogP contribution >= 0.6 is 11.6 Å². The lowest BCUT2D eigenvalue weighted by Crippen LogP contribution is -2.24. The van der Waals surface area contributed by atoms with E-state index in [9.17, 15) is 0 Å². The molecule has 1 aromatic heterocycles. The van der Waals surface area contributed by atoms with Crippen LogP contribution in [0.4, 0.5) is 0 Å². The Morgan fingerprint density at radius 3 is 2.60 bits per heavy atom. The van der Waals surface area contributed by atoms with Gasteiger partial charge in [-0.15, -0.1) is 0 Å². The lowest BCUT2D eigenvalue weighted by Gasteiger charge is -2.17. The van der Waals surface area contributed by atoms with Gasteiger partial charge in [-0.25, -0.2) is 0 Å². The molecule has 2 rings (SSSR count). The predicted octanol–water partition coefficient (Wildman–Crippen LogP) is 4.01. The topological polar surface area (TPSA) is 42.2 Å². The number of hydrogen-bond donors (Lipinski definition) is 0. The van der Waals surface area contributed by atoms with Crippen LogP contribution in [0.5, 0.6) is 0 Å². The van der Waals surface area contributed by atoms with E-state index in [1.807, 2.05) is 24.3 Å². The number of aromatic nitrogens is 2. The highest BCUT2D eigenvalue weighted by atomic mass is 35.5. The normalized spacial score (nSPS) is 11.2. The van der Waals surface area contributed by atoms with Gasteiger partial charge in [0.25, 0.3) is 0 Å². The monoisotopic (exact) mass is 293 g/mol. The predicted molar refractivity (Wildman–Crippen MR) is 80.6 cm³/mol. The van der Waals surface area contributed by atoms with Crippen LogP contribution < -0.4 is 0 Å². The molecule has 0 atom stereocenters. The van der Waals surface area contributed by atoms with Crippen molar-refractivity contribution in [3.05, 3.63) is 35.2 Å². The van der Waals surface area contributed by atoms with Crippen LogP contribution in [0.1, 0.15) is 32.6 Å². The summed E-state index contributed by atoms with van der Waals surface area (Å²) in [7, 11) is 0. The number of nitrogens with zero attached hydrogens (tertiary/aromatic N) is 3. The third-order valence-corrected chi connectivity index (χ3v) is 3.46. The van der Waals surface area contributed by atoms with Crippen molar-refractivity contribution in [3.63, 3.8) is 0 Å². The molecule has 0 spiro atoms. The van der Waals surface area contributed by atoms with Crippen molar-refractivity contribution < 1.29 is 4.52 Å². The summed E-state index contributed by atoms with van der Waals surface area (Å²) in [6.07, 6.45) is 2.38. The van der Waals surface area contributed by atoms with Gasteiger partial charge in [0.05, 0.1) is 6.54 Å². The summed E-state index contributed by atoms with van der Waals surface area (Å²) >= 11 is 5.87. The van der Waals surface area contributed by atoms with E-state index in [4.69, 9.17) is 16.1 Å². The lowest BCUT2D eigenvalue weighted by molar-refractivity contribution is 0.233. The van der Waals surface area contributed by atoms with Gasteiger partial charge in [-0.1, -0.05) is 37.0 Å². The second-order valence-corrected chi connectivity index (χ2v) is 5.18. The zero-order valence-corrected chi connectivity index (χ0v) is 12.7. The Morgan fingerprint density at radius 1 is 1.20 bits per heavy atom. The van der Waals surface area contributed by atoms with E-state index >= 15 is 0 Å². The van der Waals surface area contributed by atoms with Crippen molar-refractivity contribution in [2.24, 2.45) is 0 Å². The summed E-state index contributed by atoms with van der Waals surface area (Å²) in [5.41, 5.74) is 0.918. The minimum atomic E-state index is 0.614. The first-order chi connectivity index (χ1) is 9.72. The standard InChI is InChI=1S/C15H20ClN3O/c1-3-5-10-19(4-2)11-14-17-15(18-20-14)12-6-8-13(16)9-7-12/h6-9H,3-5,10-11H2,1-2H3. The zero-order valence-electron chi connectivity index (χ0n) is 12.0. The van der Waals surface area contributed by atoms with E-state index in [1.165, 1.54) is 12.8 Å². The molecule has 0 aliphatic rings. The maximum absolute atomic E-state index is 5.87. The van der Waals surface area contributed by atoms with Crippen LogP contribution in [-0.2, 0) is 6.54 Å². The van der Waals surface area contributed by atoms with E-state index in [2.05, 4.69) is 28.9 Å². The molecule has 0 aliphatic carbocycles. The van der Waals surface area contributed by atoms with Crippen LogP contribution in [-0.4, -0.2) is 28.1 Å². The molecule has 2 aromatic rings. The Balaban J connectivity index is 2.02. The second kappa shape index (κ2) is 7.41. The van der Waals surface area contributed by atoms with Crippen molar-refractivity contribution in [1.82, 2.24) is 15.0 Å². The summed E-state index contributed by atoms with van der Waals surface area (Å²) in [6, 6.07) is 7.44. The molecule has 0 fully saturated rings. The Morgan fingerprint density at radius 2 is 1.95 bits per heavy atom. The number of hydrogen-bond acceptors (Lipinski definition) is 4. The summed E-state index contributed by atoms with van der Waals surface area (Å²) in [5, 5.41) is 4.73. The average Bonchev–Trinajstić information content (AvgIpc) is 2.92. The highest BCUT2D eigenvalue weighted by Crippen LogP contribution is 2.19. The highest BCUT2D eigenvalue weighted by molar-refractivity contribution is 6.30. The molecule has 5 heteroatoms. The first-order valence-corrected chi connectivity index (χ1v) is 7.41. The molecule has 0 unspecified atom stereocenters. The molecule has 1 aromatic carbocycles. The lowest BCUT2D eigenvalue weighted by atomic mass is 10.2. The molecule has 0 radical (unpaired) electrons. The Bertz CT molecular complexity index is 524. The van der Waals surface area contributed by atoms with E-state index in [-0.39, 0.29) is 0 Å². The van der Waals surface area contributed by atoms with E-state index < -0.39 is 0 Å². The summed E-state index contributed by atoms with van der Waals surface area (Å²) < 4.78 is 5.33. The van der Waals surface area contributed by atoms with Crippen molar-refractivity contribution in [2.75, 3.05) is 13.1 Å². The molecule has 108 valence electrons. The number of unbranched alkanes of at least 4 members (excludes halogenated alkanes) is 1. The SMILES string of the molecule is CCCCN(CC)Cc1nc(-c2ccc(Cl)cc2)no1. The van der Waals surface area contributed by atoms with E-state index in [1.54, 1.807) is 0 Å². The zero-order chi connectivity index (χ0) is 14.4. The third-order valence-electron chi connectivity index (χ3n) is 3.20. The summed E-state index contributed by atoms with van der Waals surface area (Å²) in [5.74, 6) is 1.27. The highest BCUT2D eigenvalue weighted by Gasteiger charge is 2.11. The second-order valence-electron chi connectivity index (χ2n) is 4.74. The Labute approximate surface area is 124 Å². The fourth-order valence-corrected chi connectivity index (χ4v) is 2.08. The van der Waals surface area contributed by atoms with Gasteiger partial charge in [-0.2, -0.15) is 4.98 Å². The van der Waals surface area contributed by atoms with Gasteiger partial charge in [0.15, 0.2) is 0 Å². The Kier molecular flexibility index (Phi) is 5.56. The molecule has 20 heavy (non-hydrogen) atoms. The molecule has 0 saturated carbocycles. The van der Waals surface area contributed by atoms with Crippen molar-refractivity contribution in [1.29, 1.82) is 0 Å². The summed E-state index contributed by atoms with van der Waals surface area (Å²) in [4.78, 5) is 6.75. The molecule has 0 saturated heterocycles. The van der Waals surface area contributed by atoms with Gasteiger partial charge in [0.1, 0.15) is 0 Å². The van der Waals surface area contributed by atoms with Crippen LogP contribution in [0.15, 0.2) is 28.8 Å². The van der Waals surface area contributed by atoms with Crippen molar-refractivity contribution >= 4 is 11.6 Å². The van der Waals surface area contributed by atoms with Crippen molar-refractivity contribution in [2.45, 2.75) is 33.2 Å². The molecule has 1 heterocycles. The maximum atomic E-state index is 5.87. The molecule has 4 nitrogen and oxygen atoms in total. The summed E-state index contributed by atoms with van der Waals surface area (Å²) in [6.45, 7) is 7.09. The van der Waals surface area contributed by atoms with Gasteiger partial charge >= 0.3 is 0 Å². The van der Waals surface area contributed by atoms with Gasteiger partial charge in [0, 0.05) is 10.6 Å². The molecule has 0 N–H and O–H groups in total. The van der Waals surface area contributed by atoms with Crippen LogP contribution in [0.3, 0.4) is 0 Å². The minimum Gasteiger partial charge on any atom is -0.338 e. The molecular formula is C15H20ClN3O. The molecule has 0 bridgehead atoms. The third kappa shape index (κ3) is 4.05. The van der Waals surface area contributed by atoms with E-state index in [0.717, 1.165) is 18.7 Å². The van der Waals surface area contributed by atoms with E-state index in [0.29, 0.717) is 23.3 Å². The molecule has 0 amide bonds. The first-order valence-electron chi connectivity index (χ1n) is 7.03. The largest absolute Gasteiger partial charge is 0.338 e.